The van der Waals surface area contributed by atoms with Crippen molar-refractivity contribution in [2.75, 3.05) is 26.2 Å². The van der Waals surface area contributed by atoms with Crippen molar-refractivity contribution in [1.82, 2.24) is 14.7 Å². The van der Waals surface area contributed by atoms with Gasteiger partial charge in [-0.1, -0.05) is 54.6 Å². The van der Waals surface area contributed by atoms with Gasteiger partial charge in [0.2, 0.25) is 17.7 Å². The molecular formula is C29H37N3O5. The standard InChI is InChI=1S/C29H37N3O5/c1-20(2)31-17-10-14-29-24(27(35)32(25(29)28(31)36)16-7-4-8-18-33)23-22(37-29)13-9-15-30(26(23)34)19-21-11-5-3-6-12-21/h3,5-6,9-14,20,22-25,33H,4,7-8,15-19H2,1-2H3/t22-,23+,24+,25?,29+/m1/s1. The summed E-state index contributed by atoms with van der Waals surface area (Å²) in [6.45, 7) is 5.76. The highest BCUT2D eigenvalue weighted by Crippen LogP contribution is 2.53. The molecular weight excluding hydrogens is 470 g/mol. The summed E-state index contributed by atoms with van der Waals surface area (Å²) in [6, 6.07) is 8.98. The molecule has 2 saturated heterocycles. The minimum atomic E-state index is -1.18. The number of benzene rings is 1. The Morgan fingerprint density at radius 2 is 1.78 bits per heavy atom. The Labute approximate surface area is 218 Å². The van der Waals surface area contributed by atoms with Crippen LogP contribution >= 0.6 is 0 Å². The highest BCUT2D eigenvalue weighted by Gasteiger charge is 2.71. The molecule has 3 amide bonds. The van der Waals surface area contributed by atoms with Crippen molar-refractivity contribution in [3.05, 3.63) is 60.2 Å². The maximum Gasteiger partial charge on any atom is 0.249 e. The smallest absolute Gasteiger partial charge is 0.249 e. The summed E-state index contributed by atoms with van der Waals surface area (Å²) in [5.41, 5.74) is -0.158. The Hall–Kier alpha value is -2.97. The number of amides is 3. The summed E-state index contributed by atoms with van der Waals surface area (Å²) in [5.74, 6) is -1.88. The van der Waals surface area contributed by atoms with Gasteiger partial charge in [0.15, 0.2) is 0 Å². The Balaban J connectivity index is 1.51. The van der Waals surface area contributed by atoms with Gasteiger partial charge in [-0.05, 0) is 38.7 Å². The highest BCUT2D eigenvalue weighted by atomic mass is 16.5. The van der Waals surface area contributed by atoms with Gasteiger partial charge in [0.1, 0.15) is 11.6 Å². The third-order valence-corrected chi connectivity index (χ3v) is 8.17. The molecule has 0 aromatic heterocycles. The molecule has 1 aromatic carbocycles. The van der Waals surface area contributed by atoms with E-state index in [1.807, 2.05) is 68.5 Å². The summed E-state index contributed by atoms with van der Waals surface area (Å²) >= 11 is 0. The molecule has 4 aliphatic heterocycles. The number of carbonyl (C=O) groups excluding carboxylic acids is 3. The number of aliphatic hydroxyl groups excluding tert-OH is 1. The van der Waals surface area contributed by atoms with E-state index in [4.69, 9.17) is 4.74 Å². The molecule has 0 aliphatic carbocycles. The molecule has 4 aliphatic rings. The van der Waals surface area contributed by atoms with Crippen LogP contribution in [-0.2, 0) is 25.7 Å². The predicted octanol–water partition coefficient (Wildman–Crippen LogP) is 2.14. The van der Waals surface area contributed by atoms with Crippen molar-refractivity contribution in [1.29, 1.82) is 0 Å². The van der Waals surface area contributed by atoms with Gasteiger partial charge in [-0.15, -0.1) is 0 Å². The molecule has 1 spiro atoms. The van der Waals surface area contributed by atoms with Crippen LogP contribution in [0.1, 0.15) is 38.7 Å². The summed E-state index contributed by atoms with van der Waals surface area (Å²) in [6.07, 6.45) is 9.17. The normalized spacial score (nSPS) is 31.0. The zero-order valence-corrected chi connectivity index (χ0v) is 21.7. The van der Waals surface area contributed by atoms with Gasteiger partial charge in [0, 0.05) is 38.8 Å². The van der Waals surface area contributed by atoms with Crippen LogP contribution in [0.2, 0.25) is 0 Å². The Morgan fingerprint density at radius 3 is 2.51 bits per heavy atom. The van der Waals surface area contributed by atoms with Gasteiger partial charge in [-0.3, -0.25) is 14.4 Å². The van der Waals surface area contributed by atoms with E-state index in [0.29, 0.717) is 39.0 Å². The average Bonchev–Trinajstić information content (AvgIpc) is 3.19. The van der Waals surface area contributed by atoms with Crippen LogP contribution in [0, 0.1) is 11.8 Å². The van der Waals surface area contributed by atoms with E-state index < -0.39 is 29.6 Å². The quantitative estimate of drug-likeness (QED) is 0.430. The molecule has 5 rings (SSSR count). The predicted molar refractivity (Wildman–Crippen MR) is 138 cm³/mol. The first-order chi connectivity index (χ1) is 17.9. The number of ether oxygens (including phenoxy) is 1. The summed E-state index contributed by atoms with van der Waals surface area (Å²) in [5, 5.41) is 9.20. The van der Waals surface area contributed by atoms with Crippen LogP contribution in [0.4, 0.5) is 0 Å². The molecule has 0 bridgehead atoms. The largest absolute Gasteiger partial charge is 0.396 e. The number of carbonyl (C=O) groups is 3. The van der Waals surface area contributed by atoms with Crippen LogP contribution in [0.3, 0.4) is 0 Å². The molecule has 1 unspecified atom stereocenters. The first-order valence-electron chi connectivity index (χ1n) is 13.5. The highest BCUT2D eigenvalue weighted by molar-refractivity contribution is 5.99. The van der Waals surface area contributed by atoms with Gasteiger partial charge in [0.25, 0.3) is 0 Å². The lowest BCUT2D eigenvalue weighted by atomic mass is 9.77. The lowest BCUT2D eigenvalue weighted by Crippen LogP contribution is -2.56. The molecule has 1 aromatic rings. The number of fused-ring (bicyclic) bond motifs is 2. The third kappa shape index (κ3) is 4.40. The number of unbranched alkanes of at least 4 members (excludes halogenated alkanes) is 2. The number of likely N-dealkylation sites (tertiary alicyclic amines) is 1. The SMILES string of the molecule is CC(C)N1CC=C[C@]23O[C@@H]4C=CCN(Cc5ccccc5)C(=O)[C@@H]4[C@H]2C(=O)N(CCCCCO)C3C1=O. The van der Waals surface area contributed by atoms with Crippen LogP contribution in [-0.4, -0.2) is 87.6 Å². The first kappa shape index (κ1) is 25.7. The second kappa shape index (κ2) is 10.4. The third-order valence-electron chi connectivity index (χ3n) is 8.17. The van der Waals surface area contributed by atoms with E-state index in [1.165, 1.54) is 0 Å². The van der Waals surface area contributed by atoms with E-state index in [-0.39, 0.29) is 30.4 Å². The Kier molecular flexibility index (Phi) is 7.23. The van der Waals surface area contributed by atoms with Crippen molar-refractivity contribution in [3.63, 3.8) is 0 Å². The molecule has 4 heterocycles. The minimum absolute atomic E-state index is 0.0348. The molecule has 8 heteroatoms. The Bertz CT molecular complexity index is 1090. The molecule has 2 fully saturated rings. The zero-order valence-electron chi connectivity index (χ0n) is 21.7. The fraction of sp³-hybridized carbons (Fsp3) is 0.552. The fourth-order valence-corrected chi connectivity index (χ4v) is 6.43. The Morgan fingerprint density at radius 1 is 1.00 bits per heavy atom. The van der Waals surface area contributed by atoms with Gasteiger partial charge in [0.05, 0.1) is 17.9 Å². The number of hydrogen-bond acceptors (Lipinski definition) is 5. The molecule has 0 radical (unpaired) electrons. The summed E-state index contributed by atoms with van der Waals surface area (Å²) < 4.78 is 6.67. The number of rotatable bonds is 8. The van der Waals surface area contributed by atoms with E-state index in [0.717, 1.165) is 12.0 Å². The molecule has 1 N–H and O–H groups in total. The second-order valence-electron chi connectivity index (χ2n) is 10.8. The number of nitrogens with zero attached hydrogens (tertiary/aromatic N) is 3. The maximum atomic E-state index is 14.1. The zero-order chi connectivity index (χ0) is 26.2. The van der Waals surface area contributed by atoms with Crippen LogP contribution in [0.25, 0.3) is 0 Å². The van der Waals surface area contributed by atoms with Crippen molar-refractivity contribution < 1.29 is 24.2 Å². The number of aliphatic hydroxyl groups is 1. The van der Waals surface area contributed by atoms with Crippen molar-refractivity contribution in [3.8, 4) is 0 Å². The number of hydrogen-bond donors (Lipinski definition) is 1. The van der Waals surface area contributed by atoms with Crippen LogP contribution in [0.15, 0.2) is 54.6 Å². The van der Waals surface area contributed by atoms with Crippen molar-refractivity contribution >= 4 is 17.7 Å². The lowest BCUT2D eigenvalue weighted by Gasteiger charge is -2.36. The minimum Gasteiger partial charge on any atom is -0.396 e. The molecule has 0 saturated carbocycles. The van der Waals surface area contributed by atoms with E-state index in [1.54, 1.807) is 14.7 Å². The molecule has 5 atom stereocenters. The molecule has 37 heavy (non-hydrogen) atoms. The molecule has 198 valence electrons. The van der Waals surface area contributed by atoms with Gasteiger partial charge in [-0.2, -0.15) is 0 Å². The van der Waals surface area contributed by atoms with Crippen LogP contribution in [0.5, 0.6) is 0 Å². The van der Waals surface area contributed by atoms with Gasteiger partial charge < -0.3 is 24.5 Å². The lowest BCUT2D eigenvalue weighted by molar-refractivity contribution is -0.149. The van der Waals surface area contributed by atoms with Crippen molar-refractivity contribution in [2.45, 2.75) is 63.4 Å². The first-order valence-corrected chi connectivity index (χ1v) is 13.5. The monoisotopic (exact) mass is 507 g/mol. The van der Waals surface area contributed by atoms with Crippen molar-refractivity contribution in [2.24, 2.45) is 11.8 Å². The van der Waals surface area contributed by atoms with E-state index in [9.17, 15) is 19.5 Å². The summed E-state index contributed by atoms with van der Waals surface area (Å²) in [4.78, 5) is 47.3. The second-order valence-corrected chi connectivity index (χ2v) is 10.8. The maximum absolute atomic E-state index is 14.1. The van der Waals surface area contributed by atoms with Gasteiger partial charge in [-0.25, -0.2) is 0 Å². The fourth-order valence-electron chi connectivity index (χ4n) is 6.43. The van der Waals surface area contributed by atoms with Gasteiger partial charge >= 0.3 is 0 Å². The van der Waals surface area contributed by atoms with E-state index >= 15 is 0 Å². The topological polar surface area (TPSA) is 90.4 Å². The average molecular weight is 508 g/mol. The van der Waals surface area contributed by atoms with Crippen LogP contribution < -0.4 is 0 Å². The molecule has 8 nitrogen and oxygen atoms in total. The van der Waals surface area contributed by atoms with E-state index in [2.05, 4.69) is 0 Å². The summed E-state index contributed by atoms with van der Waals surface area (Å²) in [7, 11) is 0.